The van der Waals surface area contributed by atoms with Crippen molar-refractivity contribution in [2.45, 2.75) is 62.6 Å². The lowest BCUT2D eigenvalue weighted by atomic mass is 9.49. The van der Waals surface area contributed by atoms with Crippen molar-refractivity contribution in [2.24, 2.45) is 5.92 Å². The molecule has 4 atom stereocenters. The van der Waals surface area contributed by atoms with E-state index in [1.165, 1.54) is 11.1 Å². The van der Waals surface area contributed by atoms with Crippen LogP contribution in [-0.4, -0.2) is 60.2 Å². The molecule has 1 aliphatic heterocycles. The zero-order chi connectivity index (χ0) is 23.8. The van der Waals surface area contributed by atoms with Crippen LogP contribution in [0, 0.1) is 5.92 Å². The molecule has 2 N–H and O–H groups in total. The number of hydrogen-bond donors (Lipinski definition) is 2. The summed E-state index contributed by atoms with van der Waals surface area (Å²) in [5.41, 5.74) is 0.898. The Balaban J connectivity index is 1.37. The highest BCUT2D eigenvalue weighted by atomic mass is 16.5. The van der Waals surface area contributed by atoms with Crippen molar-refractivity contribution in [3.63, 3.8) is 0 Å². The van der Waals surface area contributed by atoms with Crippen LogP contribution in [0.5, 0.6) is 5.75 Å². The molecule has 2 aromatic rings. The highest BCUT2D eigenvalue weighted by Crippen LogP contribution is 2.60. The predicted molar refractivity (Wildman–Crippen MR) is 133 cm³/mol. The Morgan fingerprint density at radius 3 is 2.59 bits per heavy atom. The molecule has 1 heterocycles. The summed E-state index contributed by atoms with van der Waals surface area (Å²) < 4.78 is 11.6. The van der Waals surface area contributed by atoms with Gasteiger partial charge in [0.15, 0.2) is 0 Å². The Hall–Kier alpha value is -1.92. The summed E-state index contributed by atoms with van der Waals surface area (Å²) in [6.07, 6.45) is 4.08. The minimum absolute atomic E-state index is 0.134. The van der Waals surface area contributed by atoms with Crippen LogP contribution in [0.2, 0.25) is 0 Å². The van der Waals surface area contributed by atoms with E-state index < -0.39 is 11.2 Å². The van der Waals surface area contributed by atoms with Crippen LogP contribution in [-0.2, 0) is 22.2 Å². The van der Waals surface area contributed by atoms with Gasteiger partial charge in [-0.05, 0) is 73.8 Å². The number of nitrogens with zero attached hydrogens (tertiary/aromatic N) is 1. The lowest BCUT2D eigenvalue weighted by Gasteiger charge is -2.59. The number of rotatable bonds is 6. The normalized spacial score (nSPS) is 33.7. The second kappa shape index (κ2) is 9.27. The van der Waals surface area contributed by atoms with Crippen molar-refractivity contribution < 1.29 is 19.7 Å². The molecule has 184 valence electrons. The van der Waals surface area contributed by atoms with Crippen LogP contribution in [0.25, 0.3) is 0 Å². The van der Waals surface area contributed by atoms with Gasteiger partial charge in [0.2, 0.25) is 0 Å². The Kier molecular flexibility index (Phi) is 6.49. The van der Waals surface area contributed by atoms with Gasteiger partial charge in [0.05, 0.1) is 18.8 Å². The first-order chi connectivity index (χ1) is 16.4. The van der Waals surface area contributed by atoms with E-state index in [4.69, 9.17) is 9.47 Å². The van der Waals surface area contributed by atoms with Gasteiger partial charge in [-0.1, -0.05) is 43.3 Å². The van der Waals surface area contributed by atoms with Gasteiger partial charge in [-0.25, -0.2) is 0 Å². The van der Waals surface area contributed by atoms with Gasteiger partial charge in [-0.15, -0.1) is 0 Å². The number of aryl methyl sites for hydroxylation is 1. The Labute approximate surface area is 203 Å². The summed E-state index contributed by atoms with van der Waals surface area (Å²) in [6, 6.07) is 16.3. The highest BCUT2D eigenvalue weighted by Gasteiger charge is 2.60. The van der Waals surface area contributed by atoms with Gasteiger partial charge >= 0.3 is 0 Å². The number of morpholine rings is 1. The molecular formula is C29H39NO4. The molecule has 0 spiro atoms. The van der Waals surface area contributed by atoms with E-state index in [2.05, 4.69) is 30.0 Å². The fraction of sp³-hybridized carbons (Fsp3) is 0.586. The number of benzene rings is 2. The van der Waals surface area contributed by atoms with Crippen LogP contribution in [0.1, 0.15) is 56.2 Å². The van der Waals surface area contributed by atoms with Gasteiger partial charge in [0.1, 0.15) is 18.0 Å². The first-order valence-corrected chi connectivity index (χ1v) is 12.9. The molecule has 5 rings (SSSR count). The molecule has 34 heavy (non-hydrogen) atoms. The third-order valence-corrected chi connectivity index (χ3v) is 8.91. The second-order valence-corrected chi connectivity index (χ2v) is 10.7. The maximum absolute atomic E-state index is 11.8. The number of aliphatic hydroxyl groups is 2. The van der Waals surface area contributed by atoms with E-state index in [-0.39, 0.29) is 5.41 Å². The fourth-order valence-electron chi connectivity index (χ4n) is 6.92. The first kappa shape index (κ1) is 23.8. The van der Waals surface area contributed by atoms with Crippen molar-refractivity contribution in [1.29, 1.82) is 0 Å². The van der Waals surface area contributed by atoms with E-state index in [9.17, 15) is 10.2 Å². The molecule has 2 aliphatic carbocycles. The molecule has 3 aliphatic rings. The molecule has 0 aromatic heterocycles. The molecule has 1 unspecified atom stereocenters. The third kappa shape index (κ3) is 4.07. The maximum atomic E-state index is 11.8. The SMILES string of the molecule is CC[C@@]12CC(C)(O)[C@](O)(c3ccccc3)C[C@H]1CCc1cc(OCCN3CCOCC3)ccc12. The average molecular weight is 466 g/mol. The van der Waals surface area contributed by atoms with Crippen LogP contribution in [0.3, 0.4) is 0 Å². The van der Waals surface area contributed by atoms with Crippen LogP contribution >= 0.6 is 0 Å². The number of fused-ring (bicyclic) bond motifs is 3. The Morgan fingerprint density at radius 2 is 1.85 bits per heavy atom. The number of ether oxygens (including phenoxy) is 2. The van der Waals surface area contributed by atoms with Crippen molar-refractivity contribution in [1.82, 2.24) is 4.90 Å². The summed E-state index contributed by atoms with van der Waals surface area (Å²) in [4.78, 5) is 2.39. The van der Waals surface area contributed by atoms with Gasteiger partial charge in [-0.2, -0.15) is 0 Å². The molecule has 0 radical (unpaired) electrons. The minimum atomic E-state index is -1.24. The van der Waals surface area contributed by atoms with E-state index in [0.29, 0.717) is 25.4 Å². The topological polar surface area (TPSA) is 62.2 Å². The molecule has 1 saturated carbocycles. The van der Waals surface area contributed by atoms with Crippen molar-refractivity contribution >= 4 is 0 Å². The standard InChI is InChI=1S/C29H39NO4/c1-3-28-21-27(2,31)29(32,23-7-5-4-6-8-23)20-24(28)10-9-22-19-25(11-12-26(22)28)34-18-15-30-13-16-33-17-14-30/h4-8,11-12,19,24,31-32H,3,9-10,13-18,20-21H2,1-2H3/t24-,27?,28-,29-/m1/s1. The molecule has 0 bridgehead atoms. The Morgan fingerprint density at radius 1 is 1.09 bits per heavy atom. The zero-order valence-corrected chi connectivity index (χ0v) is 20.6. The summed E-state index contributed by atoms with van der Waals surface area (Å²) in [5.74, 6) is 1.25. The van der Waals surface area contributed by atoms with Crippen LogP contribution in [0.15, 0.2) is 48.5 Å². The van der Waals surface area contributed by atoms with Crippen LogP contribution < -0.4 is 4.74 Å². The average Bonchev–Trinajstić information content (AvgIpc) is 2.86. The van der Waals surface area contributed by atoms with E-state index >= 15 is 0 Å². The second-order valence-electron chi connectivity index (χ2n) is 10.7. The highest BCUT2D eigenvalue weighted by molar-refractivity contribution is 5.45. The van der Waals surface area contributed by atoms with Gasteiger partial charge in [0, 0.05) is 25.0 Å². The third-order valence-electron chi connectivity index (χ3n) is 8.91. The van der Waals surface area contributed by atoms with Gasteiger partial charge < -0.3 is 19.7 Å². The predicted octanol–water partition coefficient (Wildman–Crippen LogP) is 4.04. The molecule has 1 saturated heterocycles. The molecule has 5 heteroatoms. The minimum Gasteiger partial charge on any atom is -0.492 e. The monoisotopic (exact) mass is 465 g/mol. The van der Waals surface area contributed by atoms with Crippen LogP contribution in [0.4, 0.5) is 0 Å². The molecular weight excluding hydrogens is 426 g/mol. The van der Waals surface area contributed by atoms with Gasteiger partial charge in [-0.3, -0.25) is 4.90 Å². The summed E-state index contributed by atoms with van der Waals surface area (Å²) in [5, 5.41) is 23.5. The van der Waals surface area contributed by atoms with Gasteiger partial charge in [0.25, 0.3) is 0 Å². The largest absolute Gasteiger partial charge is 0.492 e. The lowest BCUT2D eigenvalue weighted by Crippen LogP contribution is -2.62. The fourth-order valence-corrected chi connectivity index (χ4v) is 6.92. The number of hydrogen-bond acceptors (Lipinski definition) is 5. The summed E-state index contributed by atoms with van der Waals surface area (Å²) >= 11 is 0. The summed E-state index contributed by atoms with van der Waals surface area (Å²) in [7, 11) is 0. The van der Waals surface area contributed by atoms with Crippen molar-refractivity contribution in [3.05, 3.63) is 65.2 Å². The zero-order valence-electron chi connectivity index (χ0n) is 20.6. The lowest BCUT2D eigenvalue weighted by molar-refractivity contribution is -0.205. The van der Waals surface area contributed by atoms with E-state index in [1.54, 1.807) is 0 Å². The molecule has 5 nitrogen and oxygen atoms in total. The molecule has 2 fully saturated rings. The van der Waals surface area contributed by atoms with E-state index in [0.717, 1.165) is 63.4 Å². The smallest absolute Gasteiger partial charge is 0.119 e. The summed E-state index contributed by atoms with van der Waals surface area (Å²) in [6.45, 7) is 9.22. The molecule has 0 amide bonds. The Bertz CT molecular complexity index is 987. The quantitative estimate of drug-likeness (QED) is 0.674. The first-order valence-electron chi connectivity index (χ1n) is 12.9. The van der Waals surface area contributed by atoms with E-state index in [1.807, 2.05) is 37.3 Å². The maximum Gasteiger partial charge on any atom is 0.119 e. The van der Waals surface area contributed by atoms with Crippen molar-refractivity contribution in [3.8, 4) is 5.75 Å². The van der Waals surface area contributed by atoms with Crippen molar-refractivity contribution in [2.75, 3.05) is 39.5 Å². The molecule has 2 aromatic carbocycles.